The number of ether oxygens (including phenoxy) is 3. The van der Waals surface area contributed by atoms with Crippen molar-refractivity contribution in [3.05, 3.63) is 135 Å². The second-order valence-corrected chi connectivity index (χ2v) is 12.0. The third-order valence-electron chi connectivity index (χ3n) is 8.26. The van der Waals surface area contributed by atoms with Gasteiger partial charge in [-0.25, -0.2) is 4.68 Å². The van der Waals surface area contributed by atoms with Crippen LogP contribution in [0.2, 0.25) is 0 Å². The van der Waals surface area contributed by atoms with Crippen molar-refractivity contribution in [2.75, 3.05) is 26.4 Å². The van der Waals surface area contributed by atoms with Crippen molar-refractivity contribution in [1.82, 2.24) is 15.0 Å². The molecule has 0 aliphatic carbocycles. The maximum Gasteiger partial charge on any atom is 0.197 e. The number of hydrogen-bond acceptors (Lipinski definition) is 10. The Morgan fingerprint density at radius 1 is 0.725 bits per heavy atom. The van der Waals surface area contributed by atoms with Crippen molar-refractivity contribution in [3.63, 3.8) is 0 Å². The van der Waals surface area contributed by atoms with E-state index < -0.39 is 0 Å². The molecule has 0 saturated carbocycles. The van der Waals surface area contributed by atoms with Gasteiger partial charge in [-0.15, -0.1) is 5.10 Å². The van der Waals surface area contributed by atoms with E-state index in [-0.39, 0.29) is 22.0 Å². The molecule has 0 aliphatic heterocycles. The van der Waals surface area contributed by atoms with E-state index >= 15 is 0 Å². The molecule has 0 radical (unpaired) electrons. The molecule has 0 bridgehead atoms. The Kier molecular flexibility index (Phi) is 9.89. The van der Waals surface area contributed by atoms with Crippen molar-refractivity contribution in [2.45, 2.75) is 26.3 Å². The zero-order valence-electron chi connectivity index (χ0n) is 27.9. The van der Waals surface area contributed by atoms with Crippen LogP contribution in [-0.2, 0) is 17.7 Å². The maximum atomic E-state index is 12.6. The molecule has 3 heterocycles. The van der Waals surface area contributed by atoms with Crippen molar-refractivity contribution in [2.24, 2.45) is 0 Å². The van der Waals surface area contributed by atoms with Crippen LogP contribution in [0.15, 0.2) is 122 Å². The number of phenolic OH excluding ortho intramolecular Hbond substituents is 1. The molecule has 0 spiro atoms. The number of aromatic hydroxyl groups is 1. The van der Waals surface area contributed by atoms with Crippen LogP contribution in [0.25, 0.3) is 44.6 Å². The molecule has 0 saturated heterocycles. The summed E-state index contributed by atoms with van der Waals surface area (Å²) in [5, 5.41) is 19.3. The average Bonchev–Trinajstić information content (AvgIpc) is 3.59. The summed E-state index contributed by atoms with van der Waals surface area (Å²) in [6, 6.07) is 28.1. The van der Waals surface area contributed by atoms with Crippen LogP contribution in [0.5, 0.6) is 17.2 Å². The van der Waals surface area contributed by atoms with E-state index in [9.17, 15) is 14.7 Å². The van der Waals surface area contributed by atoms with E-state index in [1.807, 2.05) is 73.8 Å². The minimum atomic E-state index is -0.296. The van der Waals surface area contributed by atoms with Gasteiger partial charge < -0.3 is 28.2 Å². The molecule has 258 valence electrons. The van der Waals surface area contributed by atoms with Gasteiger partial charge in [0, 0.05) is 29.5 Å². The number of aryl methyl sites for hydroxylation is 2. The van der Waals surface area contributed by atoms with Gasteiger partial charge in [0.1, 0.15) is 51.9 Å². The van der Waals surface area contributed by atoms with Crippen LogP contribution < -0.4 is 20.3 Å². The second kappa shape index (κ2) is 15.1. The molecule has 7 rings (SSSR count). The fraction of sp³-hybridized carbons (Fsp3) is 0.200. The average molecular weight is 686 g/mol. The minimum Gasteiger partial charge on any atom is -0.507 e. The standard InChI is InChI=1S/C40H35N3O8/c1-26-21-34(45)40-35(46)24-38(51-39(40)22-26)28-8-12-30(13-9-28)48-17-4-5-29-25-43(42-41-29)16-18-47-19-20-49-31-14-10-27(11-15-31)37-23-33(44)32-6-2-3-7-36(32)50-37/h2-3,6-15,21-25,45H,4-5,16-20H2,1H3. The number of hydrogen-bond donors (Lipinski definition) is 1. The first-order valence-electron chi connectivity index (χ1n) is 16.6. The molecule has 3 aromatic heterocycles. The van der Waals surface area contributed by atoms with Crippen LogP contribution in [0, 0.1) is 6.92 Å². The topological polar surface area (TPSA) is 139 Å². The molecular formula is C40H35N3O8. The molecule has 0 atom stereocenters. The zero-order chi connectivity index (χ0) is 35.2. The van der Waals surface area contributed by atoms with E-state index in [1.165, 1.54) is 12.1 Å². The Hall–Kier alpha value is -6.20. The quantitative estimate of drug-likeness (QED) is 0.120. The molecule has 11 nitrogen and oxygen atoms in total. The fourth-order valence-corrected chi connectivity index (χ4v) is 5.71. The Morgan fingerprint density at radius 3 is 2.14 bits per heavy atom. The lowest BCUT2D eigenvalue weighted by Gasteiger charge is -2.08. The normalized spacial score (nSPS) is 11.3. The highest BCUT2D eigenvalue weighted by Crippen LogP contribution is 2.29. The van der Waals surface area contributed by atoms with Gasteiger partial charge in [0.15, 0.2) is 10.9 Å². The molecule has 4 aromatic carbocycles. The van der Waals surface area contributed by atoms with Gasteiger partial charge >= 0.3 is 0 Å². The molecule has 1 N–H and O–H groups in total. The Labute approximate surface area is 292 Å². The second-order valence-electron chi connectivity index (χ2n) is 12.0. The van der Waals surface area contributed by atoms with Gasteiger partial charge in [-0.3, -0.25) is 9.59 Å². The predicted molar refractivity (Wildman–Crippen MR) is 192 cm³/mol. The summed E-state index contributed by atoms with van der Waals surface area (Å²) in [5.74, 6) is 2.25. The monoisotopic (exact) mass is 685 g/mol. The predicted octanol–water partition coefficient (Wildman–Crippen LogP) is 6.95. The first kappa shape index (κ1) is 33.3. The summed E-state index contributed by atoms with van der Waals surface area (Å²) >= 11 is 0. The van der Waals surface area contributed by atoms with Gasteiger partial charge in [0.05, 0.1) is 37.4 Å². The summed E-state index contributed by atoms with van der Waals surface area (Å²) in [6.07, 6.45) is 3.38. The number of rotatable bonds is 14. The van der Waals surface area contributed by atoms with Gasteiger partial charge in [0.25, 0.3) is 0 Å². The first-order valence-corrected chi connectivity index (χ1v) is 16.6. The molecular weight excluding hydrogens is 650 g/mol. The highest BCUT2D eigenvalue weighted by atomic mass is 16.5. The van der Waals surface area contributed by atoms with E-state index in [1.54, 1.807) is 28.9 Å². The third-order valence-corrected chi connectivity index (χ3v) is 8.26. The van der Waals surface area contributed by atoms with E-state index in [2.05, 4.69) is 10.3 Å². The van der Waals surface area contributed by atoms with E-state index in [4.69, 9.17) is 23.0 Å². The van der Waals surface area contributed by atoms with Crippen molar-refractivity contribution < 1.29 is 28.2 Å². The Morgan fingerprint density at radius 2 is 1.39 bits per heavy atom. The van der Waals surface area contributed by atoms with Crippen LogP contribution >= 0.6 is 0 Å². The van der Waals surface area contributed by atoms with E-state index in [0.29, 0.717) is 79.0 Å². The lowest BCUT2D eigenvalue weighted by molar-refractivity contribution is 0.0923. The number of fused-ring (bicyclic) bond motifs is 2. The number of aromatic nitrogens is 3. The number of benzene rings is 4. The molecule has 11 heteroatoms. The van der Waals surface area contributed by atoms with Gasteiger partial charge in [-0.1, -0.05) is 17.3 Å². The maximum absolute atomic E-state index is 12.6. The molecule has 51 heavy (non-hydrogen) atoms. The molecule has 0 fully saturated rings. The number of para-hydroxylation sites is 1. The van der Waals surface area contributed by atoms with Crippen LogP contribution in [0.1, 0.15) is 17.7 Å². The van der Waals surface area contributed by atoms with Gasteiger partial charge in [-0.2, -0.15) is 0 Å². The van der Waals surface area contributed by atoms with Gasteiger partial charge in [0.2, 0.25) is 0 Å². The molecule has 0 unspecified atom stereocenters. The molecule has 0 aliphatic rings. The minimum absolute atomic E-state index is 0.0757. The smallest absolute Gasteiger partial charge is 0.197 e. The molecule has 7 aromatic rings. The van der Waals surface area contributed by atoms with Crippen molar-refractivity contribution in [1.29, 1.82) is 0 Å². The number of nitrogens with zero attached hydrogens (tertiary/aromatic N) is 3. The SMILES string of the molecule is Cc1cc(O)c2c(=O)cc(-c3ccc(OCCCc4cn(CCOCCOc5ccc(-c6cc(=O)c7ccccc7o6)cc5)nn4)cc3)oc2c1. The van der Waals surface area contributed by atoms with Crippen molar-refractivity contribution in [3.8, 4) is 39.9 Å². The largest absolute Gasteiger partial charge is 0.507 e. The summed E-state index contributed by atoms with van der Waals surface area (Å²) in [5.41, 5.74) is 3.73. The van der Waals surface area contributed by atoms with Crippen LogP contribution in [0.3, 0.4) is 0 Å². The van der Waals surface area contributed by atoms with Crippen LogP contribution in [-0.4, -0.2) is 46.5 Å². The summed E-state index contributed by atoms with van der Waals surface area (Å²) < 4.78 is 31.0. The third kappa shape index (κ3) is 8.00. The highest BCUT2D eigenvalue weighted by Gasteiger charge is 2.12. The van der Waals surface area contributed by atoms with Crippen molar-refractivity contribution >= 4 is 21.9 Å². The fourth-order valence-electron chi connectivity index (χ4n) is 5.71. The Bertz CT molecular complexity index is 2400. The lowest BCUT2D eigenvalue weighted by atomic mass is 10.1. The first-order chi connectivity index (χ1) is 24.9. The Balaban J connectivity index is 0.795. The number of phenols is 1. The highest BCUT2D eigenvalue weighted by molar-refractivity contribution is 5.85. The summed E-state index contributed by atoms with van der Waals surface area (Å²) in [4.78, 5) is 25.0. The van der Waals surface area contributed by atoms with Crippen LogP contribution in [0.4, 0.5) is 0 Å². The van der Waals surface area contributed by atoms with E-state index in [0.717, 1.165) is 28.8 Å². The summed E-state index contributed by atoms with van der Waals surface area (Å²) in [6.45, 7) is 4.18. The van der Waals surface area contributed by atoms with Gasteiger partial charge in [-0.05, 0) is 98.1 Å². The lowest BCUT2D eigenvalue weighted by Crippen LogP contribution is -2.11. The summed E-state index contributed by atoms with van der Waals surface area (Å²) in [7, 11) is 0. The molecule has 0 amide bonds. The zero-order valence-corrected chi connectivity index (χ0v) is 27.9.